The summed E-state index contributed by atoms with van der Waals surface area (Å²) in [5, 5.41) is -9.68. The predicted octanol–water partition coefficient (Wildman–Crippen LogP) is 5.56. The molecule has 0 aromatic heterocycles. The van der Waals surface area contributed by atoms with E-state index in [1.54, 1.807) is 0 Å². The highest BCUT2D eigenvalue weighted by Gasteiger charge is 2.73. The normalized spacial score (nSPS) is 21.3. The first kappa shape index (κ1) is 19.3. The molecule has 0 saturated heterocycles. The maximum Gasteiger partial charge on any atom is 0.381 e. The summed E-state index contributed by atoms with van der Waals surface area (Å²) in [7, 11) is 0. The fraction of sp³-hybridized carbons (Fsp3) is 1.00. The van der Waals surface area contributed by atoms with Crippen LogP contribution in [-0.2, 0) is 4.74 Å². The van der Waals surface area contributed by atoms with E-state index in [9.17, 15) is 26.3 Å². The molecule has 2 atom stereocenters. The second-order valence-corrected chi connectivity index (χ2v) is 6.15. The van der Waals surface area contributed by atoms with Crippen molar-refractivity contribution in [1.82, 2.24) is 0 Å². The van der Waals surface area contributed by atoms with Gasteiger partial charge in [0.15, 0.2) is 0 Å². The van der Waals surface area contributed by atoms with Gasteiger partial charge in [0.05, 0.1) is 0 Å². The summed E-state index contributed by atoms with van der Waals surface area (Å²) in [6.45, 7) is 0. The Bertz CT molecular complexity index is 309. The standard InChI is InChI=1S/C5Cl6F6O/c6-2(7,14)1(12,13)4(10,16)18-5(11,17)3(8,9)15. The van der Waals surface area contributed by atoms with Crippen molar-refractivity contribution in [1.29, 1.82) is 0 Å². The van der Waals surface area contributed by atoms with Crippen LogP contribution in [0.5, 0.6) is 0 Å². The average Bonchev–Trinajstić information content (AvgIpc) is 1.96. The summed E-state index contributed by atoms with van der Waals surface area (Å²) in [6, 6.07) is 0. The first-order valence-electron chi connectivity index (χ1n) is 3.43. The molecule has 0 radical (unpaired) electrons. The first-order valence-corrected chi connectivity index (χ1v) is 5.69. The van der Waals surface area contributed by atoms with Gasteiger partial charge < -0.3 is 0 Å². The Morgan fingerprint density at radius 2 is 0.889 bits per heavy atom. The average molecular weight is 403 g/mol. The lowest BCUT2D eigenvalue weighted by Crippen LogP contribution is -2.56. The zero-order chi connectivity index (χ0) is 15.2. The van der Waals surface area contributed by atoms with Crippen molar-refractivity contribution in [3.63, 3.8) is 0 Å². The minimum absolute atomic E-state index is 2.98. The fourth-order valence-electron chi connectivity index (χ4n) is 0.448. The molecule has 0 N–H and O–H groups in total. The van der Waals surface area contributed by atoms with Gasteiger partial charge in [0.1, 0.15) is 0 Å². The summed E-state index contributed by atoms with van der Waals surface area (Å²) in [6.07, 6.45) is 0. The lowest BCUT2D eigenvalue weighted by Gasteiger charge is -2.35. The first-order chi connectivity index (χ1) is 7.46. The zero-order valence-electron chi connectivity index (χ0n) is 7.44. The van der Waals surface area contributed by atoms with Crippen LogP contribution in [0.1, 0.15) is 0 Å². The molecule has 0 saturated carbocycles. The van der Waals surface area contributed by atoms with Crippen molar-refractivity contribution in [2.75, 3.05) is 0 Å². The monoisotopic (exact) mass is 400 g/mol. The zero-order valence-corrected chi connectivity index (χ0v) is 12.0. The van der Waals surface area contributed by atoms with E-state index < -0.39 is 25.7 Å². The molecule has 0 aliphatic rings. The molecule has 0 heterocycles. The largest absolute Gasteiger partial charge is 0.381 e. The predicted molar refractivity (Wildman–Crippen MR) is 56.5 cm³/mol. The van der Waals surface area contributed by atoms with Crippen LogP contribution < -0.4 is 0 Å². The molecule has 1 nitrogen and oxygen atoms in total. The van der Waals surface area contributed by atoms with E-state index in [-0.39, 0.29) is 0 Å². The molecular weight excluding hydrogens is 403 g/mol. The van der Waals surface area contributed by atoms with E-state index in [0.717, 1.165) is 0 Å². The van der Waals surface area contributed by atoms with Crippen molar-refractivity contribution in [3.05, 3.63) is 0 Å². The third kappa shape index (κ3) is 3.90. The van der Waals surface area contributed by atoms with Gasteiger partial charge in [-0.15, -0.1) is 0 Å². The van der Waals surface area contributed by atoms with E-state index in [1.165, 1.54) is 0 Å². The SMILES string of the molecule is FC(Cl)(Cl)C(F)(Cl)OC(F)(Cl)C(F)(F)C(F)(Cl)Cl. The van der Waals surface area contributed by atoms with E-state index in [4.69, 9.17) is 0 Å². The molecule has 0 aliphatic heterocycles. The van der Waals surface area contributed by atoms with Gasteiger partial charge in [0.25, 0.3) is 0 Å². The van der Waals surface area contributed by atoms with Crippen molar-refractivity contribution in [3.8, 4) is 0 Å². The van der Waals surface area contributed by atoms with Crippen LogP contribution in [0.15, 0.2) is 0 Å². The number of rotatable bonds is 5. The Morgan fingerprint density at radius 3 is 1.11 bits per heavy atom. The summed E-state index contributed by atoms with van der Waals surface area (Å²) < 4.78 is 71.4. The molecule has 0 amide bonds. The Hall–Kier alpha value is 1.28. The van der Waals surface area contributed by atoms with E-state index >= 15 is 0 Å². The van der Waals surface area contributed by atoms with E-state index in [1.807, 2.05) is 0 Å². The number of ether oxygens (including phenoxy) is 1. The Labute approximate surface area is 126 Å². The maximum absolute atomic E-state index is 13.2. The summed E-state index contributed by atoms with van der Waals surface area (Å²) >= 11 is 26.2. The summed E-state index contributed by atoms with van der Waals surface area (Å²) in [5.74, 6) is -5.56. The topological polar surface area (TPSA) is 9.23 Å². The van der Waals surface area contributed by atoms with Crippen molar-refractivity contribution in [2.45, 2.75) is 25.7 Å². The molecular formula is C5Cl6F6O. The number of hydrogen-bond acceptors (Lipinski definition) is 1. The quantitative estimate of drug-likeness (QED) is 0.432. The minimum atomic E-state index is -5.56. The van der Waals surface area contributed by atoms with Crippen LogP contribution in [0.2, 0.25) is 0 Å². The number of halogens is 12. The lowest BCUT2D eigenvalue weighted by molar-refractivity contribution is -0.302. The maximum atomic E-state index is 13.2. The summed E-state index contributed by atoms with van der Waals surface area (Å²) in [4.78, 5) is 0. The molecule has 0 bridgehead atoms. The fourth-order valence-corrected chi connectivity index (χ4v) is 1.25. The number of alkyl halides is 12. The minimum Gasteiger partial charge on any atom is -0.273 e. The van der Waals surface area contributed by atoms with Gasteiger partial charge in [-0.1, -0.05) is 46.4 Å². The van der Waals surface area contributed by atoms with Gasteiger partial charge in [-0.05, 0) is 23.2 Å². The van der Waals surface area contributed by atoms with Gasteiger partial charge in [-0.25, -0.2) is 4.39 Å². The molecule has 110 valence electrons. The highest BCUT2D eigenvalue weighted by atomic mass is 35.5. The third-order valence-electron chi connectivity index (χ3n) is 1.31. The second-order valence-electron chi connectivity index (χ2n) is 2.71. The van der Waals surface area contributed by atoms with Crippen molar-refractivity contribution in [2.24, 2.45) is 0 Å². The van der Waals surface area contributed by atoms with Gasteiger partial charge >= 0.3 is 25.7 Å². The Kier molecular flexibility index (Phi) is 5.61. The molecule has 0 rings (SSSR count). The second kappa shape index (κ2) is 5.24. The van der Waals surface area contributed by atoms with Crippen LogP contribution in [0, 0.1) is 0 Å². The highest BCUT2D eigenvalue weighted by molar-refractivity contribution is 6.51. The van der Waals surface area contributed by atoms with Crippen LogP contribution in [-0.4, -0.2) is 25.7 Å². The Balaban J connectivity index is 5.33. The third-order valence-corrected chi connectivity index (χ3v) is 3.11. The van der Waals surface area contributed by atoms with Crippen LogP contribution in [0.3, 0.4) is 0 Å². The molecule has 0 aromatic carbocycles. The molecule has 18 heavy (non-hydrogen) atoms. The summed E-state index contributed by atoms with van der Waals surface area (Å²) in [5.41, 5.74) is 0. The Morgan fingerprint density at radius 1 is 0.556 bits per heavy atom. The molecule has 0 aromatic rings. The van der Waals surface area contributed by atoms with E-state index in [2.05, 4.69) is 74.3 Å². The smallest absolute Gasteiger partial charge is 0.273 e. The van der Waals surface area contributed by atoms with Crippen molar-refractivity contribution >= 4 is 69.6 Å². The number of hydrogen-bond donors (Lipinski definition) is 0. The van der Waals surface area contributed by atoms with Gasteiger partial charge in [0.2, 0.25) is 0 Å². The van der Waals surface area contributed by atoms with Crippen LogP contribution in [0.25, 0.3) is 0 Å². The molecule has 0 aliphatic carbocycles. The van der Waals surface area contributed by atoms with Crippen LogP contribution in [0.4, 0.5) is 26.3 Å². The molecule has 2 unspecified atom stereocenters. The molecule has 0 spiro atoms. The van der Waals surface area contributed by atoms with Gasteiger partial charge in [-0.3, -0.25) is 4.74 Å². The van der Waals surface area contributed by atoms with Gasteiger partial charge in [-0.2, -0.15) is 22.0 Å². The lowest BCUT2D eigenvalue weighted by atomic mass is 10.3. The van der Waals surface area contributed by atoms with E-state index in [0.29, 0.717) is 0 Å². The highest BCUT2D eigenvalue weighted by Crippen LogP contribution is 2.55. The van der Waals surface area contributed by atoms with Crippen LogP contribution >= 0.6 is 69.6 Å². The van der Waals surface area contributed by atoms with Crippen molar-refractivity contribution < 1.29 is 31.1 Å². The molecule has 0 fully saturated rings. The molecule has 13 heteroatoms. The van der Waals surface area contributed by atoms with Gasteiger partial charge in [0, 0.05) is 0 Å².